The van der Waals surface area contributed by atoms with Crippen molar-refractivity contribution in [2.45, 2.75) is 0 Å². The quantitative estimate of drug-likeness (QED) is 0.769. The fourth-order valence-electron chi connectivity index (χ4n) is 1.34. The Kier molecular flexibility index (Phi) is 2.37. The molecule has 0 unspecified atom stereocenters. The molecule has 0 atom stereocenters. The number of rotatable bonds is 2. The predicted octanol–water partition coefficient (Wildman–Crippen LogP) is 1.20. The van der Waals surface area contributed by atoms with E-state index in [1.165, 1.54) is 17.4 Å². The molecular weight excluding hydrogens is 218 g/mol. The summed E-state index contributed by atoms with van der Waals surface area (Å²) in [5.41, 5.74) is 0.609. The lowest BCUT2D eigenvalue weighted by atomic mass is 10.2. The zero-order chi connectivity index (χ0) is 10.9. The van der Waals surface area contributed by atoms with Crippen LogP contribution in [0.15, 0.2) is 36.7 Å². The minimum atomic E-state index is -4.05. The van der Waals surface area contributed by atoms with Gasteiger partial charge < -0.3 is 9.64 Å². The van der Waals surface area contributed by atoms with Gasteiger partial charge in [-0.2, -0.15) is 8.42 Å². The molecule has 1 aromatic rings. The van der Waals surface area contributed by atoms with Gasteiger partial charge in [0.25, 0.3) is 10.1 Å². The second kappa shape index (κ2) is 3.56. The van der Waals surface area contributed by atoms with Crippen LogP contribution < -0.4 is 9.64 Å². The molecule has 2 rings (SSSR count). The van der Waals surface area contributed by atoms with E-state index in [0.717, 1.165) is 0 Å². The summed E-state index contributed by atoms with van der Waals surface area (Å²) < 4.78 is 35.4. The maximum Gasteiger partial charge on any atom is 0.283 e. The van der Waals surface area contributed by atoms with Crippen LogP contribution in [0.4, 0.5) is 5.69 Å². The van der Waals surface area contributed by atoms with E-state index in [2.05, 4.69) is 0 Å². The van der Waals surface area contributed by atoms with Crippen LogP contribution in [0.2, 0.25) is 0 Å². The van der Waals surface area contributed by atoms with E-state index in [4.69, 9.17) is 9.29 Å². The van der Waals surface area contributed by atoms with Crippen molar-refractivity contribution in [2.24, 2.45) is 0 Å². The van der Waals surface area contributed by atoms with E-state index in [1.54, 1.807) is 24.3 Å². The zero-order valence-electron chi connectivity index (χ0n) is 7.70. The summed E-state index contributed by atoms with van der Waals surface area (Å²) in [6.45, 7) is 0. The van der Waals surface area contributed by atoms with Crippen molar-refractivity contribution in [1.82, 2.24) is 0 Å². The van der Waals surface area contributed by atoms with Crippen molar-refractivity contribution in [3.05, 3.63) is 36.7 Å². The van der Waals surface area contributed by atoms with Crippen LogP contribution in [0.25, 0.3) is 0 Å². The van der Waals surface area contributed by atoms with Crippen molar-refractivity contribution < 1.29 is 17.7 Å². The van der Waals surface area contributed by atoms with Crippen molar-refractivity contribution in [3.8, 4) is 5.75 Å². The number of ether oxygens (including phenoxy) is 1. The van der Waals surface area contributed by atoms with Gasteiger partial charge >= 0.3 is 0 Å². The van der Waals surface area contributed by atoms with Crippen LogP contribution in [0, 0.1) is 0 Å². The molecule has 1 N–H and O–H groups in total. The Hall–Kier alpha value is -1.53. The van der Waals surface area contributed by atoms with Crippen LogP contribution in [0.5, 0.6) is 5.75 Å². The number of hydrogen-bond acceptors (Lipinski definition) is 4. The third-order valence-corrected chi connectivity index (χ3v) is 2.52. The standard InChI is InChI=1S/C9H9NO4S/c11-15(12,13)7-10-5-6-14-9-4-2-1-3-8(9)10/h1-6H,7H2,(H,11,12,13). The highest BCUT2D eigenvalue weighted by atomic mass is 32.2. The maximum atomic E-state index is 10.7. The number of fused-ring (bicyclic) bond motifs is 1. The molecule has 0 fully saturated rings. The van der Waals surface area contributed by atoms with Crippen molar-refractivity contribution >= 4 is 15.8 Å². The molecule has 0 bridgehead atoms. The summed E-state index contributed by atoms with van der Waals surface area (Å²) in [5.74, 6) is 0.0767. The molecule has 0 spiro atoms. The van der Waals surface area contributed by atoms with Gasteiger partial charge in [0.05, 0.1) is 5.69 Å². The van der Waals surface area contributed by atoms with Crippen molar-refractivity contribution in [2.75, 3.05) is 10.8 Å². The summed E-state index contributed by atoms with van der Waals surface area (Å²) in [6, 6.07) is 6.97. The topological polar surface area (TPSA) is 66.8 Å². The first-order valence-electron chi connectivity index (χ1n) is 4.20. The molecule has 15 heavy (non-hydrogen) atoms. The normalized spacial score (nSPS) is 14.6. The lowest BCUT2D eigenvalue weighted by molar-refractivity contribution is 0.465. The molecule has 0 radical (unpaired) electrons. The molecule has 1 aliphatic rings. The summed E-state index contributed by atoms with van der Waals surface area (Å²) >= 11 is 0. The molecular formula is C9H9NO4S. The van der Waals surface area contributed by atoms with Gasteiger partial charge in [-0.05, 0) is 12.1 Å². The first-order chi connectivity index (χ1) is 7.06. The minimum Gasteiger partial charge on any atom is -0.461 e. The van der Waals surface area contributed by atoms with Crippen LogP contribution in [-0.2, 0) is 10.1 Å². The van der Waals surface area contributed by atoms with Crippen LogP contribution >= 0.6 is 0 Å². The highest BCUT2D eigenvalue weighted by Crippen LogP contribution is 2.31. The molecule has 1 aromatic carbocycles. The van der Waals surface area contributed by atoms with E-state index in [9.17, 15) is 8.42 Å². The molecule has 1 aliphatic heterocycles. The maximum absolute atomic E-state index is 10.7. The average molecular weight is 227 g/mol. The molecule has 5 nitrogen and oxygen atoms in total. The first kappa shape index (κ1) is 10.0. The van der Waals surface area contributed by atoms with Gasteiger partial charge in [0, 0.05) is 6.20 Å². The van der Waals surface area contributed by atoms with Crippen LogP contribution in [0.3, 0.4) is 0 Å². The van der Waals surface area contributed by atoms with Crippen LogP contribution in [-0.4, -0.2) is 18.8 Å². The summed E-state index contributed by atoms with van der Waals surface area (Å²) in [4.78, 5) is 1.40. The average Bonchev–Trinajstić information content (AvgIpc) is 2.16. The van der Waals surface area contributed by atoms with Gasteiger partial charge in [0.2, 0.25) is 0 Å². The lowest BCUT2D eigenvalue weighted by Crippen LogP contribution is -2.26. The number of para-hydroxylation sites is 2. The summed E-state index contributed by atoms with van der Waals surface area (Å²) in [7, 11) is -4.05. The summed E-state index contributed by atoms with van der Waals surface area (Å²) in [5, 5.41) is 0. The number of nitrogens with zero attached hydrogens (tertiary/aromatic N) is 1. The Morgan fingerprint density at radius 1 is 1.33 bits per heavy atom. The summed E-state index contributed by atoms with van der Waals surface area (Å²) in [6.07, 6.45) is 2.82. The fraction of sp³-hybridized carbons (Fsp3) is 0.111. The highest BCUT2D eigenvalue weighted by Gasteiger charge is 2.18. The van der Waals surface area contributed by atoms with Gasteiger partial charge in [0.15, 0.2) is 0 Å². The van der Waals surface area contributed by atoms with Crippen molar-refractivity contribution in [1.29, 1.82) is 0 Å². The number of anilines is 1. The Morgan fingerprint density at radius 2 is 2.07 bits per heavy atom. The highest BCUT2D eigenvalue weighted by molar-refractivity contribution is 7.85. The molecule has 0 amide bonds. The van der Waals surface area contributed by atoms with Crippen molar-refractivity contribution in [3.63, 3.8) is 0 Å². The van der Waals surface area contributed by atoms with E-state index in [1.807, 2.05) is 0 Å². The van der Waals surface area contributed by atoms with E-state index >= 15 is 0 Å². The largest absolute Gasteiger partial charge is 0.461 e. The van der Waals surface area contributed by atoms with Gasteiger partial charge in [0.1, 0.15) is 17.9 Å². The van der Waals surface area contributed by atoms with E-state index in [0.29, 0.717) is 11.4 Å². The Morgan fingerprint density at radius 3 is 2.80 bits per heavy atom. The third-order valence-electron chi connectivity index (χ3n) is 1.91. The number of hydrogen-bond donors (Lipinski definition) is 1. The predicted molar refractivity (Wildman–Crippen MR) is 55.1 cm³/mol. The Labute approximate surface area is 87.3 Å². The fourth-order valence-corrected chi connectivity index (χ4v) is 1.92. The molecule has 80 valence electrons. The molecule has 0 aromatic heterocycles. The molecule has 1 heterocycles. The van der Waals surface area contributed by atoms with Gasteiger partial charge in [-0.1, -0.05) is 12.1 Å². The van der Waals surface area contributed by atoms with Gasteiger partial charge in [-0.3, -0.25) is 4.55 Å². The lowest BCUT2D eigenvalue weighted by Gasteiger charge is -2.24. The second-order valence-corrected chi connectivity index (χ2v) is 4.47. The smallest absolute Gasteiger partial charge is 0.283 e. The molecule has 0 saturated heterocycles. The molecule has 0 saturated carbocycles. The SMILES string of the molecule is O=S(=O)(O)CN1C=COc2ccccc21. The first-order valence-corrected chi connectivity index (χ1v) is 5.81. The Bertz CT molecular complexity index is 495. The van der Waals surface area contributed by atoms with E-state index < -0.39 is 16.0 Å². The molecule has 6 heteroatoms. The Balaban J connectivity index is 2.35. The van der Waals surface area contributed by atoms with Crippen LogP contribution in [0.1, 0.15) is 0 Å². The van der Waals surface area contributed by atoms with E-state index in [-0.39, 0.29) is 0 Å². The zero-order valence-corrected chi connectivity index (χ0v) is 8.52. The minimum absolute atomic E-state index is 0.482. The third kappa shape index (κ3) is 2.28. The molecule has 0 aliphatic carbocycles. The van der Waals surface area contributed by atoms with Gasteiger partial charge in [-0.15, -0.1) is 0 Å². The number of benzene rings is 1. The van der Waals surface area contributed by atoms with Gasteiger partial charge in [-0.25, -0.2) is 0 Å². The second-order valence-electron chi connectivity index (χ2n) is 3.05. The monoisotopic (exact) mass is 227 g/mol.